The largest absolute Gasteiger partial charge is 0.383 e. The number of guanidine groups is 1. The van der Waals surface area contributed by atoms with Gasteiger partial charge in [0, 0.05) is 13.7 Å². The van der Waals surface area contributed by atoms with Crippen molar-refractivity contribution >= 4 is 5.96 Å². The Bertz CT molecular complexity index is 267. The Labute approximate surface area is 91.5 Å². The zero-order chi connectivity index (χ0) is 10.9. The minimum absolute atomic E-state index is 0.211. The molecule has 1 fully saturated rings. The van der Waals surface area contributed by atoms with Gasteiger partial charge in [0.25, 0.3) is 0 Å². The van der Waals surface area contributed by atoms with E-state index in [9.17, 15) is 0 Å². The summed E-state index contributed by atoms with van der Waals surface area (Å²) >= 11 is 0. The van der Waals surface area contributed by atoms with Crippen molar-refractivity contribution in [3.63, 3.8) is 0 Å². The Balaban J connectivity index is 2.12. The van der Waals surface area contributed by atoms with Crippen LogP contribution in [0.25, 0.3) is 0 Å². The summed E-state index contributed by atoms with van der Waals surface area (Å²) in [7, 11) is 1.73. The molecule has 2 unspecified atom stereocenters. The zero-order valence-electron chi connectivity index (χ0n) is 9.70. The second-order valence-corrected chi connectivity index (χ2v) is 4.72. The van der Waals surface area contributed by atoms with Crippen LogP contribution in [0.3, 0.4) is 0 Å². The van der Waals surface area contributed by atoms with Gasteiger partial charge >= 0.3 is 0 Å². The first-order valence-electron chi connectivity index (χ1n) is 5.77. The van der Waals surface area contributed by atoms with Gasteiger partial charge in [0.15, 0.2) is 5.96 Å². The average Bonchev–Trinajstić information content (AvgIpc) is 2.73. The van der Waals surface area contributed by atoms with Gasteiger partial charge in [0.2, 0.25) is 0 Å². The molecule has 0 amide bonds. The van der Waals surface area contributed by atoms with Crippen molar-refractivity contribution in [2.75, 3.05) is 26.8 Å². The zero-order valence-corrected chi connectivity index (χ0v) is 9.70. The molecule has 0 radical (unpaired) electrons. The van der Waals surface area contributed by atoms with Crippen molar-refractivity contribution in [1.82, 2.24) is 4.90 Å². The van der Waals surface area contributed by atoms with Crippen molar-refractivity contribution in [3.8, 4) is 0 Å². The molecule has 0 saturated heterocycles. The highest BCUT2D eigenvalue weighted by atomic mass is 16.5. The van der Waals surface area contributed by atoms with E-state index < -0.39 is 0 Å². The lowest BCUT2D eigenvalue weighted by atomic mass is 9.87. The summed E-state index contributed by atoms with van der Waals surface area (Å²) in [5, 5.41) is 0. The van der Waals surface area contributed by atoms with Crippen LogP contribution in [0.2, 0.25) is 0 Å². The monoisotopic (exact) mass is 211 g/mol. The molecule has 0 aromatic heterocycles. The minimum atomic E-state index is 0.211. The molecule has 1 aliphatic carbocycles. The third kappa shape index (κ3) is 1.61. The summed E-state index contributed by atoms with van der Waals surface area (Å²) in [6.07, 6.45) is 3.82. The predicted octanol–water partition coefficient (Wildman–Crippen LogP) is 0.822. The molecular formula is C11H21N3O. The number of ether oxygens (including phenoxy) is 1. The van der Waals surface area contributed by atoms with E-state index in [1.807, 2.05) is 0 Å². The Kier molecular flexibility index (Phi) is 2.87. The van der Waals surface area contributed by atoms with Crippen LogP contribution in [-0.2, 0) is 4.74 Å². The van der Waals surface area contributed by atoms with E-state index in [0.29, 0.717) is 11.9 Å². The molecule has 1 saturated carbocycles. The van der Waals surface area contributed by atoms with E-state index in [4.69, 9.17) is 10.5 Å². The number of nitrogens with two attached hydrogens (primary N) is 1. The molecule has 1 aliphatic heterocycles. The number of hydrogen-bond donors (Lipinski definition) is 1. The highest BCUT2D eigenvalue weighted by Crippen LogP contribution is 2.42. The van der Waals surface area contributed by atoms with Gasteiger partial charge in [-0.2, -0.15) is 0 Å². The van der Waals surface area contributed by atoms with Gasteiger partial charge in [-0.25, -0.2) is 0 Å². The van der Waals surface area contributed by atoms with Crippen LogP contribution >= 0.6 is 0 Å². The number of nitrogens with zero attached hydrogens (tertiary/aromatic N) is 2. The molecule has 1 spiro atoms. The van der Waals surface area contributed by atoms with E-state index in [2.05, 4.69) is 16.8 Å². The SMILES string of the molecule is COCCN1C(N)=NCC12CCCC2C. The molecule has 0 bridgehead atoms. The fraction of sp³-hybridized carbons (Fsp3) is 0.909. The molecule has 2 aliphatic rings. The van der Waals surface area contributed by atoms with Crippen molar-refractivity contribution in [2.24, 2.45) is 16.6 Å². The topological polar surface area (TPSA) is 50.9 Å². The molecule has 86 valence electrons. The highest BCUT2D eigenvalue weighted by molar-refractivity contribution is 5.81. The molecule has 4 heteroatoms. The lowest BCUT2D eigenvalue weighted by molar-refractivity contribution is 0.108. The summed E-state index contributed by atoms with van der Waals surface area (Å²) in [5.41, 5.74) is 6.17. The fourth-order valence-corrected chi connectivity index (χ4v) is 3.00. The second kappa shape index (κ2) is 4.00. The summed E-state index contributed by atoms with van der Waals surface area (Å²) in [6.45, 7) is 4.80. The molecular weight excluding hydrogens is 190 g/mol. The molecule has 2 N–H and O–H groups in total. The van der Waals surface area contributed by atoms with Crippen molar-refractivity contribution in [3.05, 3.63) is 0 Å². The van der Waals surface area contributed by atoms with Gasteiger partial charge in [-0.3, -0.25) is 4.99 Å². The van der Waals surface area contributed by atoms with Gasteiger partial charge in [-0.05, 0) is 18.8 Å². The molecule has 15 heavy (non-hydrogen) atoms. The van der Waals surface area contributed by atoms with Gasteiger partial charge in [-0.1, -0.05) is 13.3 Å². The van der Waals surface area contributed by atoms with E-state index in [0.717, 1.165) is 19.7 Å². The maximum Gasteiger partial charge on any atom is 0.191 e. The molecule has 2 atom stereocenters. The third-order valence-electron chi connectivity index (χ3n) is 4.01. The van der Waals surface area contributed by atoms with Gasteiger partial charge < -0.3 is 15.4 Å². The first-order valence-corrected chi connectivity index (χ1v) is 5.77. The first kappa shape index (κ1) is 10.7. The molecule has 1 heterocycles. The molecule has 0 aromatic rings. The van der Waals surface area contributed by atoms with Crippen LogP contribution in [0.4, 0.5) is 0 Å². The Hall–Kier alpha value is -0.770. The van der Waals surface area contributed by atoms with Crippen LogP contribution in [0.15, 0.2) is 4.99 Å². The molecule has 4 nitrogen and oxygen atoms in total. The van der Waals surface area contributed by atoms with E-state index in [1.54, 1.807) is 7.11 Å². The fourth-order valence-electron chi connectivity index (χ4n) is 3.00. The van der Waals surface area contributed by atoms with Crippen molar-refractivity contribution in [1.29, 1.82) is 0 Å². The number of rotatable bonds is 3. The minimum Gasteiger partial charge on any atom is -0.383 e. The average molecular weight is 211 g/mol. The highest BCUT2D eigenvalue weighted by Gasteiger charge is 2.48. The van der Waals surface area contributed by atoms with Crippen LogP contribution in [0.1, 0.15) is 26.2 Å². The summed E-state index contributed by atoms with van der Waals surface area (Å²) in [5.74, 6) is 1.40. The third-order valence-corrected chi connectivity index (χ3v) is 4.01. The quantitative estimate of drug-likeness (QED) is 0.752. The van der Waals surface area contributed by atoms with E-state index in [-0.39, 0.29) is 5.54 Å². The lowest BCUT2D eigenvalue weighted by Crippen LogP contribution is -2.54. The van der Waals surface area contributed by atoms with Gasteiger partial charge in [0.05, 0.1) is 18.7 Å². The Morgan fingerprint density at radius 3 is 3.07 bits per heavy atom. The maximum absolute atomic E-state index is 5.96. The summed E-state index contributed by atoms with van der Waals surface area (Å²) in [6, 6.07) is 0. The van der Waals surface area contributed by atoms with Gasteiger partial charge in [-0.15, -0.1) is 0 Å². The smallest absolute Gasteiger partial charge is 0.191 e. The Morgan fingerprint density at radius 2 is 2.47 bits per heavy atom. The summed E-state index contributed by atoms with van der Waals surface area (Å²) < 4.78 is 5.14. The first-order chi connectivity index (χ1) is 7.20. The second-order valence-electron chi connectivity index (χ2n) is 4.72. The van der Waals surface area contributed by atoms with Crippen molar-refractivity contribution < 1.29 is 4.74 Å². The van der Waals surface area contributed by atoms with Crippen LogP contribution in [-0.4, -0.2) is 43.2 Å². The summed E-state index contributed by atoms with van der Waals surface area (Å²) in [4.78, 5) is 6.69. The predicted molar refractivity (Wildman–Crippen MR) is 60.8 cm³/mol. The number of aliphatic imine (C=N–C) groups is 1. The van der Waals surface area contributed by atoms with E-state index in [1.165, 1.54) is 19.3 Å². The standard InChI is InChI=1S/C11H21N3O/c1-9-4-3-5-11(9)8-13-10(12)14(11)6-7-15-2/h9H,3-8H2,1-2H3,(H2,12,13). The molecule has 2 rings (SSSR count). The van der Waals surface area contributed by atoms with Crippen LogP contribution in [0, 0.1) is 5.92 Å². The van der Waals surface area contributed by atoms with Crippen LogP contribution in [0.5, 0.6) is 0 Å². The van der Waals surface area contributed by atoms with E-state index >= 15 is 0 Å². The molecule has 0 aromatic carbocycles. The normalized spacial score (nSPS) is 35.2. The van der Waals surface area contributed by atoms with Gasteiger partial charge in [0.1, 0.15) is 0 Å². The maximum atomic E-state index is 5.96. The number of methoxy groups -OCH3 is 1. The van der Waals surface area contributed by atoms with Crippen LogP contribution < -0.4 is 5.73 Å². The van der Waals surface area contributed by atoms with Crippen molar-refractivity contribution in [2.45, 2.75) is 31.7 Å². The Morgan fingerprint density at radius 1 is 1.67 bits per heavy atom. The lowest BCUT2D eigenvalue weighted by Gasteiger charge is -2.39. The number of hydrogen-bond acceptors (Lipinski definition) is 4.